The summed E-state index contributed by atoms with van der Waals surface area (Å²) in [4.78, 5) is 21.2. The van der Waals surface area contributed by atoms with E-state index in [0.717, 1.165) is 25.4 Å². The van der Waals surface area contributed by atoms with Gasteiger partial charge >= 0.3 is 0 Å². The first-order chi connectivity index (χ1) is 13.0. The minimum atomic E-state index is -0.223. The van der Waals surface area contributed by atoms with E-state index < -0.39 is 0 Å². The topological polar surface area (TPSA) is 64.1 Å². The molecule has 27 heavy (non-hydrogen) atoms. The molecule has 5 nitrogen and oxygen atoms in total. The van der Waals surface area contributed by atoms with E-state index in [1.54, 1.807) is 11.3 Å². The second-order valence-electron chi connectivity index (χ2n) is 6.57. The number of carbonyl (C=O) groups excluding carboxylic acids is 1. The van der Waals surface area contributed by atoms with Crippen LogP contribution in [0.3, 0.4) is 0 Å². The van der Waals surface area contributed by atoms with E-state index in [4.69, 9.17) is 4.74 Å². The Balaban J connectivity index is 1.44. The van der Waals surface area contributed by atoms with Crippen molar-refractivity contribution in [1.82, 2.24) is 9.97 Å². The molecule has 0 fully saturated rings. The number of aryl methyl sites for hydroxylation is 1. The zero-order valence-corrected chi connectivity index (χ0v) is 16.9. The first-order valence-corrected chi connectivity index (χ1v) is 10.3. The molecule has 0 unspecified atom stereocenters. The molecule has 0 saturated heterocycles. The maximum atomic E-state index is 12.2. The molecule has 7 heteroatoms. The Labute approximate surface area is 165 Å². The molecule has 0 aliphatic heterocycles. The Bertz CT molecular complexity index is 1110. The van der Waals surface area contributed by atoms with Crippen LogP contribution in [-0.4, -0.2) is 22.5 Å². The van der Waals surface area contributed by atoms with Crippen molar-refractivity contribution < 1.29 is 9.53 Å². The number of thiazole rings is 2. The summed E-state index contributed by atoms with van der Waals surface area (Å²) in [5, 5.41) is 4.43. The molecule has 4 rings (SSSR count). The molecular weight excluding hydrogens is 378 g/mol. The van der Waals surface area contributed by atoms with Crippen LogP contribution in [0.25, 0.3) is 20.4 Å². The van der Waals surface area contributed by atoms with E-state index in [2.05, 4.69) is 29.1 Å². The van der Waals surface area contributed by atoms with Crippen LogP contribution in [0.2, 0.25) is 0 Å². The van der Waals surface area contributed by atoms with Crippen molar-refractivity contribution in [2.75, 3.05) is 11.9 Å². The Morgan fingerprint density at radius 2 is 1.70 bits per heavy atom. The molecule has 0 aliphatic carbocycles. The van der Waals surface area contributed by atoms with Crippen molar-refractivity contribution in [2.24, 2.45) is 0 Å². The quantitative estimate of drug-likeness (QED) is 0.493. The van der Waals surface area contributed by atoms with Crippen molar-refractivity contribution >= 4 is 54.1 Å². The van der Waals surface area contributed by atoms with Gasteiger partial charge in [-0.3, -0.25) is 10.1 Å². The van der Waals surface area contributed by atoms with Crippen LogP contribution in [0.5, 0.6) is 5.75 Å². The van der Waals surface area contributed by atoms with Gasteiger partial charge in [0.25, 0.3) is 5.91 Å². The summed E-state index contributed by atoms with van der Waals surface area (Å²) in [5.74, 6) is 0.926. The number of fused-ring (bicyclic) bond motifs is 3. The highest BCUT2D eigenvalue weighted by molar-refractivity contribution is 7.28. The van der Waals surface area contributed by atoms with Gasteiger partial charge in [0.05, 0.1) is 25.4 Å². The normalized spacial score (nSPS) is 11.4. The maximum absolute atomic E-state index is 12.2. The highest BCUT2D eigenvalue weighted by Crippen LogP contribution is 2.35. The lowest BCUT2D eigenvalue weighted by Gasteiger charge is -2.08. The van der Waals surface area contributed by atoms with Crippen LogP contribution >= 0.6 is 22.7 Å². The molecule has 2 aromatic carbocycles. The fraction of sp³-hybridized carbons (Fsp3) is 0.250. The van der Waals surface area contributed by atoms with E-state index in [1.165, 1.54) is 16.9 Å². The predicted octanol–water partition coefficient (Wildman–Crippen LogP) is 5.36. The highest BCUT2D eigenvalue weighted by atomic mass is 32.1. The molecule has 0 atom stereocenters. The van der Waals surface area contributed by atoms with Crippen molar-refractivity contribution in [1.29, 1.82) is 0 Å². The zero-order chi connectivity index (χ0) is 19.0. The van der Waals surface area contributed by atoms with Crippen molar-refractivity contribution in [2.45, 2.75) is 26.7 Å². The molecule has 0 saturated carbocycles. The second-order valence-corrected chi connectivity index (χ2v) is 8.78. The third-order valence-electron chi connectivity index (χ3n) is 4.18. The summed E-state index contributed by atoms with van der Waals surface area (Å²) in [6.45, 7) is 6.22. The predicted molar refractivity (Wildman–Crippen MR) is 112 cm³/mol. The Kier molecular flexibility index (Phi) is 4.80. The van der Waals surface area contributed by atoms with Crippen LogP contribution in [-0.2, 0) is 4.79 Å². The van der Waals surface area contributed by atoms with Gasteiger partial charge in [0.1, 0.15) is 5.75 Å². The molecule has 0 radical (unpaired) electrons. The lowest BCUT2D eigenvalue weighted by molar-refractivity contribution is -0.118. The summed E-state index contributed by atoms with van der Waals surface area (Å²) in [6.07, 6.45) is 0. The van der Waals surface area contributed by atoms with E-state index in [9.17, 15) is 4.79 Å². The Morgan fingerprint density at radius 3 is 2.41 bits per heavy atom. The number of carbonyl (C=O) groups is 1. The first-order valence-electron chi connectivity index (χ1n) is 8.69. The van der Waals surface area contributed by atoms with Gasteiger partial charge in [-0.1, -0.05) is 37.3 Å². The van der Waals surface area contributed by atoms with Crippen LogP contribution in [0, 0.1) is 6.92 Å². The van der Waals surface area contributed by atoms with Gasteiger partial charge in [-0.15, -0.1) is 11.3 Å². The third-order valence-corrected chi connectivity index (χ3v) is 6.32. The molecule has 0 aliphatic rings. The molecule has 2 heterocycles. The Morgan fingerprint density at radius 1 is 1.04 bits per heavy atom. The molecule has 0 bridgehead atoms. The Hall–Kier alpha value is -2.51. The zero-order valence-electron chi connectivity index (χ0n) is 15.3. The number of nitrogens with one attached hydrogen (secondary N) is 1. The summed E-state index contributed by atoms with van der Waals surface area (Å²) >= 11 is 3.11. The molecule has 1 N–H and O–H groups in total. The summed E-state index contributed by atoms with van der Waals surface area (Å²) < 4.78 is 7.75. The maximum Gasteiger partial charge on any atom is 0.264 e. The minimum Gasteiger partial charge on any atom is -0.484 e. The van der Waals surface area contributed by atoms with Gasteiger partial charge in [0.15, 0.2) is 11.7 Å². The van der Waals surface area contributed by atoms with Crippen molar-refractivity contribution in [3.05, 3.63) is 47.0 Å². The van der Waals surface area contributed by atoms with E-state index >= 15 is 0 Å². The fourth-order valence-electron chi connectivity index (χ4n) is 2.79. The number of benzene rings is 2. The monoisotopic (exact) mass is 397 g/mol. The second kappa shape index (κ2) is 7.25. The number of hydrogen-bond donors (Lipinski definition) is 1. The van der Waals surface area contributed by atoms with Crippen molar-refractivity contribution in [3.8, 4) is 5.75 Å². The molecule has 4 aromatic rings. The number of ether oxygens (including phenoxy) is 1. The van der Waals surface area contributed by atoms with Crippen LogP contribution < -0.4 is 10.1 Å². The van der Waals surface area contributed by atoms with Gasteiger partial charge in [-0.05, 0) is 42.7 Å². The molecule has 138 valence electrons. The number of nitrogens with zero attached hydrogens (tertiary/aromatic N) is 2. The SMILES string of the molecule is Cc1nc2ccc3nc(NC(=O)COc4ccc(C(C)C)cc4)sc3c2s1. The number of amides is 1. The van der Waals surface area contributed by atoms with Gasteiger partial charge in [-0.25, -0.2) is 9.97 Å². The highest BCUT2D eigenvalue weighted by Gasteiger charge is 2.13. The molecular formula is C20H19N3O2S2. The molecule has 1 amide bonds. The lowest BCUT2D eigenvalue weighted by atomic mass is 10.0. The van der Waals surface area contributed by atoms with Crippen LogP contribution in [0.1, 0.15) is 30.3 Å². The fourth-order valence-corrected chi connectivity index (χ4v) is 4.81. The van der Waals surface area contributed by atoms with Crippen LogP contribution in [0.4, 0.5) is 5.13 Å². The van der Waals surface area contributed by atoms with E-state index in [0.29, 0.717) is 16.8 Å². The summed E-state index contributed by atoms with van der Waals surface area (Å²) in [7, 11) is 0. The third kappa shape index (κ3) is 3.79. The van der Waals surface area contributed by atoms with E-state index in [-0.39, 0.29) is 12.5 Å². The van der Waals surface area contributed by atoms with Gasteiger partial charge in [0, 0.05) is 0 Å². The first kappa shape index (κ1) is 17.9. The van der Waals surface area contributed by atoms with E-state index in [1.807, 2.05) is 43.3 Å². The number of anilines is 1. The molecule has 0 spiro atoms. The van der Waals surface area contributed by atoms with Gasteiger partial charge in [0.2, 0.25) is 0 Å². The molecule has 2 aromatic heterocycles. The summed E-state index contributed by atoms with van der Waals surface area (Å²) in [6, 6.07) is 11.7. The van der Waals surface area contributed by atoms with Crippen LogP contribution in [0.15, 0.2) is 36.4 Å². The average Bonchev–Trinajstić information content (AvgIpc) is 3.22. The number of aromatic nitrogens is 2. The van der Waals surface area contributed by atoms with Gasteiger partial charge < -0.3 is 4.74 Å². The van der Waals surface area contributed by atoms with Gasteiger partial charge in [-0.2, -0.15) is 0 Å². The van der Waals surface area contributed by atoms with Crippen molar-refractivity contribution in [3.63, 3.8) is 0 Å². The minimum absolute atomic E-state index is 0.0496. The summed E-state index contributed by atoms with van der Waals surface area (Å²) in [5.41, 5.74) is 3.09. The number of hydrogen-bond acceptors (Lipinski definition) is 6. The standard InChI is InChI=1S/C20H19N3O2S2/c1-11(2)13-4-6-14(7-5-13)25-10-17(24)23-20-22-16-9-8-15-18(19(16)27-20)26-12(3)21-15/h4-9,11H,10H2,1-3H3,(H,22,23,24). The average molecular weight is 398 g/mol. The smallest absolute Gasteiger partial charge is 0.264 e. The largest absolute Gasteiger partial charge is 0.484 e. The lowest BCUT2D eigenvalue weighted by Crippen LogP contribution is -2.20. The number of rotatable bonds is 5.